The fourth-order valence-electron chi connectivity index (χ4n) is 3.19. The molecule has 2 aliphatic heterocycles. The van der Waals surface area contributed by atoms with Crippen molar-refractivity contribution < 1.29 is 19.3 Å². The molecule has 0 radical (unpaired) electrons. The number of nitrogens with one attached hydrogen (secondary N) is 1. The van der Waals surface area contributed by atoms with E-state index in [1.165, 1.54) is 10.8 Å². The van der Waals surface area contributed by atoms with Crippen molar-refractivity contribution >= 4 is 0 Å². The average molecular weight is 326 g/mol. The summed E-state index contributed by atoms with van der Waals surface area (Å²) < 4.78 is 18.7. The van der Waals surface area contributed by atoms with Gasteiger partial charge in [0.1, 0.15) is 18.3 Å². The molecule has 3 heterocycles. The monoisotopic (exact) mass is 326 g/mol. The van der Waals surface area contributed by atoms with Gasteiger partial charge in [0, 0.05) is 11.8 Å². The molecule has 128 valence electrons. The molecule has 2 N–H and O–H groups in total. The Morgan fingerprint density at radius 3 is 2.65 bits per heavy atom. The van der Waals surface area contributed by atoms with Gasteiger partial charge in [0.15, 0.2) is 12.0 Å². The molecule has 0 saturated carbocycles. The number of hydrogen-bond acceptors (Lipinski definition) is 6. The second kappa shape index (κ2) is 5.86. The van der Waals surface area contributed by atoms with Crippen molar-refractivity contribution in [2.24, 2.45) is 0 Å². The first-order valence-corrected chi connectivity index (χ1v) is 7.82. The van der Waals surface area contributed by atoms with E-state index in [2.05, 4.69) is 4.98 Å². The molecule has 2 aliphatic rings. The van der Waals surface area contributed by atoms with Crippen LogP contribution in [0.15, 0.2) is 15.8 Å². The van der Waals surface area contributed by atoms with Crippen LogP contribution in [-0.4, -0.2) is 45.4 Å². The predicted molar refractivity (Wildman–Crippen MR) is 80.1 cm³/mol. The second-order valence-electron chi connectivity index (χ2n) is 6.38. The van der Waals surface area contributed by atoms with Crippen molar-refractivity contribution in [1.29, 1.82) is 0 Å². The Balaban J connectivity index is 2.00. The lowest BCUT2D eigenvalue weighted by atomic mass is 10.1. The van der Waals surface area contributed by atoms with E-state index in [0.29, 0.717) is 12.0 Å². The summed E-state index contributed by atoms with van der Waals surface area (Å²) in [5.41, 5.74) is -0.436. The van der Waals surface area contributed by atoms with Gasteiger partial charge in [-0.2, -0.15) is 0 Å². The summed E-state index contributed by atoms with van der Waals surface area (Å²) in [6.07, 6.45) is 0.529. The summed E-state index contributed by atoms with van der Waals surface area (Å²) >= 11 is 0. The van der Waals surface area contributed by atoms with E-state index in [4.69, 9.17) is 14.2 Å². The molecule has 0 unspecified atom stereocenters. The fourth-order valence-corrected chi connectivity index (χ4v) is 3.19. The van der Waals surface area contributed by atoms with E-state index in [9.17, 15) is 14.7 Å². The van der Waals surface area contributed by atoms with Gasteiger partial charge in [0.2, 0.25) is 0 Å². The molecule has 0 bridgehead atoms. The number of rotatable bonds is 4. The van der Waals surface area contributed by atoms with Gasteiger partial charge in [-0.25, -0.2) is 4.79 Å². The highest BCUT2D eigenvalue weighted by Crippen LogP contribution is 2.42. The minimum absolute atomic E-state index is 0.239. The standard InChI is InChI=1S/C15H22N2O6/c1-4-5-8-6-17(14(20)16-12(8)19)13-11-10(9(7-18)21-13)22-15(2,3)23-11/h6,9-11,13,18H,4-5,7H2,1-3H3,(H,16,19,20)/t9-,10-,11-,13-/m1/s1. The molecule has 8 heteroatoms. The van der Waals surface area contributed by atoms with E-state index >= 15 is 0 Å². The third kappa shape index (κ3) is 2.87. The number of H-pyrrole nitrogens is 1. The van der Waals surface area contributed by atoms with Crippen molar-refractivity contribution in [1.82, 2.24) is 9.55 Å². The smallest absolute Gasteiger partial charge is 0.330 e. The van der Waals surface area contributed by atoms with Crippen LogP contribution in [0.2, 0.25) is 0 Å². The number of aryl methyl sites for hydroxylation is 1. The molecule has 4 atom stereocenters. The summed E-state index contributed by atoms with van der Waals surface area (Å²) in [6.45, 7) is 5.26. The van der Waals surface area contributed by atoms with Gasteiger partial charge in [0.25, 0.3) is 5.56 Å². The predicted octanol–water partition coefficient (Wildman–Crippen LogP) is -0.101. The Morgan fingerprint density at radius 2 is 2.00 bits per heavy atom. The summed E-state index contributed by atoms with van der Waals surface area (Å²) in [5.74, 6) is -0.817. The number of hydrogen-bond donors (Lipinski definition) is 2. The van der Waals surface area contributed by atoms with Gasteiger partial charge in [-0.3, -0.25) is 14.3 Å². The molecular formula is C15H22N2O6. The number of nitrogens with zero attached hydrogens (tertiary/aromatic N) is 1. The van der Waals surface area contributed by atoms with Crippen molar-refractivity contribution in [2.75, 3.05) is 6.61 Å². The molecule has 2 saturated heterocycles. The summed E-state index contributed by atoms with van der Waals surface area (Å²) in [6, 6.07) is 0. The SMILES string of the molecule is CCCc1cn([C@@H]2O[C@H](CO)[C@H]3OC(C)(C)O[C@H]32)c(=O)[nH]c1=O. The third-order valence-electron chi connectivity index (χ3n) is 4.14. The van der Waals surface area contributed by atoms with Crippen molar-refractivity contribution in [2.45, 2.75) is 63.9 Å². The van der Waals surface area contributed by atoms with Crippen molar-refractivity contribution in [3.63, 3.8) is 0 Å². The summed E-state index contributed by atoms with van der Waals surface area (Å²) in [5, 5.41) is 9.49. The van der Waals surface area contributed by atoms with Crippen molar-refractivity contribution in [3.8, 4) is 0 Å². The fraction of sp³-hybridized carbons (Fsp3) is 0.733. The average Bonchev–Trinajstić information content (AvgIpc) is 2.95. The maximum Gasteiger partial charge on any atom is 0.330 e. The van der Waals surface area contributed by atoms with Crippen LogP contribution in [0.3, 0.4) is 0 Å². The minimum atomic E-state index is -0.817. The molecule has 2 fully saturated rings. The van der Waals surface area contributed by atoms with Crippen LogP contribution in [0.4, 0.5) is 0 Å². The zero-order chi connectivity index (χ0) is 16.8. The number of ether oxygens (including phenoxy) is 3. The summed E-state index contributed by atoms with van der Waals surface area (Å²) in [7, 11) is 0. The maximum atomic E-state index is 12.2. The van der Waals surface area contributed by atoms with Gasteiger partial charge in [0.05, 0.1) is 6.61 Å². The Kier molecular flexibility index (Phi) is 4.18. The first-order chi connectivity index (χ1) is 10.9. The van der Waals surface area contributed by atoms with Gasteiger partial charge < -0.3 is 19.3 Å². The summed E-state index contributed by atoms with van der Waals surface area (Å²) in [4.78, 5) is 26.4. The molecule has 0 spiro atoms. The highest BCUT2D eigenvalue weighted by molar-refractivity contribution is 5.07. The number of fused-ring (bicyclic) bond motifs is 1. The Morgan fingerprint density at radius 1 is 1.30 bits per heavy atom. The molecule has 3 rings (SSSR count). The second-order valence-corrected chi connectivity index (χ2v) is 6.38. The quantitative estimate of drug-likeness (QED) is 0.801. The van der Waals surface area contributed by atoms with Gasteiger partial charge in [-0.15, -0.1) is 0 Å². The number of aliphatic hydroxyl groups is 1. The maximum absolute atomic E-state index is 12.2. The first-order valence-electron chi connectivity index (χ1n) is 7.82. The molecule has 1 aromatic heterocycles. The highest BCUT2D eigenvalue weighted by Gasteiger charge is 2.55. The van der Waals surface area contributed by atoms with Crippen molar-refractivity contribution in [3.05, 3.63) is 32.6 Å². The molecule has 8 nitrogen and oxygen atoms in total. The first kappa shape index (κ1) is 16.4. The largest absolute Gasteiger partial charge is 0.394 e. The molecular weight excluding hydrogens is 304 g/mol. The highest BCUT2D eigenvalue weighted by atomic mass is 16.8. The lowest BCUT2D eigenvalue weighted by molar-refractivity contribution is -0.200. The van der Waals surface area contributed by atoms with Gasteiger partial charge in [-0.05, 0) is 20.3 Å². The van der Waals surface area contributed by atoms with Crippen LogP contribution >= 0.6 is 0 Å². The van der Waals surface area contributed by atoms with E-state index in [-0.39, 0.29) is 12.2 Å². The van der Waals surface area contributed by atoms with Gasteiger partial charge in [-0.1, -0.05) is 13.3 Å². The number of aromatic nitrogens is 2. The topological polar surface area (TPSA) is 103 Å². The molecule has 0 aromatic carbocycles. The Bertz CT molecular complexity index is 694. The van der Waals surface area contributed by atoms with E-state index in [0.717, 1.165) is 6.42 Å². The number of aliphatic hydroxyl groups excluding tert-OH is 1. The third-order valence-corrected chi connectivity index (χ3v) is 4.14. The lowest BCUT2D eigenvalue weighted by Gasteiger charge is -2.24. The van der Waals surface area contributed by atoms with Crippen LogP contribution in [0.5, 0.6) is 0 Å². The Labute approximate surface area is 133 Å². The van der Waals surface area contributed by atoms with E-state index in [1.807, 2.05) is 6.92 Å². The van der Waals surface area contributed by atoms with Crippen LogP contribution < -0.4 is 11.2 Å². The zero-order valence-electron chi connectivity index (χ0n) is 13.4. The van der Waals surface area contributed by atoms with Gasteiger partial charge >= 0.3 is 5.69 Å². The van der Waals surface area contributed by atoms with Crippen LogP contribution in [-0.2, 0) is 20.6 Å². The zero-order valence-corrected chi connectivity index (χ0v) is 13.4. The minimum Gasteiger partial charge on any atom is -0.394 e. The van der Waals surface area contributed by atoms with E-state index < -0.39 is 36.0 Å². The van der Waals surface area contributed by atoms with E-state index in [1.54, 1.807) is 13.8 Å². The molecule has 0 amide bonds. The molecule has 23 heavy (non-hydrogen) atoms. The lowest BCUT2D eigenvalue weighted by Crippen LogP contribution is -2.38. The molecule has 0 aliphatic carbocycles. The van der Waals surface area contributed by atoms with Crippen LogP contribution in [0.25, 0.3) is 0 Å². The molecule has 1 aromatic rings. The van der Waals surface area contributed by atoms with Crippen LogP contribution in [0.1, 0.15) is 39.0 Å². The normalized spacial score (nSPS) is 32.2. The Hall–Kier alpha value is -1.48. The number of aromatic amines is 1. The van der Waals surface area contributed by atoms with Crippen LogP contribution in [0, 0.1) is 0 Å².